The lowest BCUT2D eigenvalue weighted by atomic mass is 10.2. The zero-order valence-electron chi connectivity index (χ0n) is 10.7. The third-order valence-electron chi connectivity index (χ3n) is 2.58. The molecule has 0 saturated carbocycles. The van der Waals surface area contributed by atoms with Gasteiger partial charge in [-0.15, -0.1) is 11.3 Å². The standard InChI is InChI=1S/C13H10Cl2N2O3S/c1-6-5-21-11(12(18)19)10(6)17-13(20)16-9-4-7(14)2-3-8(9)15/h2-5H,1H3,(H,18,19)(H2,16,17,20). The fourth-order valence-corrected chi connectivity index (χ4v) is 2.80. The van der Waals surface area contributed by atoms with Crippen LogP contribution in [-0.2, 0) is 0 Å². The Morgan fingerprint density at radius 2 is 1.95 bits per heavy atom. The van der Waals surface area contributed by atoms with E-state index in [0.29, 0.717) is 21.3 Å². The van der Waals surface area contributed by atoms with E-state index in [-0.39, 0.29) is 10.6 Å². The Bertz CT molecular complexity index is 715. The smallest absolute Gasteiger partial charge is 0.348 e. The topological polar surface area (TPSA) is 78.4 Å². The molecule has 0 fully saturated rings. The molecular weight excluding hydrogens is 335 g/mol. The van der Waals surface area contributed by atoms with Gasteiger partial charge in [-0.1, -0.05) is 23.2 Å². The third kappa shape index (κ3) is 3.66. The van der Waals surface area contributed by atoms with Gasteiger partial charge in [0.15, 0.2) is 0 Å². The Balaban J connectivity index is 2.17. The molecule has 2 amide bonds. The lowest BCUT2D eigenvalue weighted by molar-refractivity contribution is 0.0703. The largest absolute Gasteiger partial charge is 0.477 e. The number of hydrogen-bond acceptors (Lipinski definition) is 3. The summed E-state index contributed by atoms with van der Waals surface area (Å²) in [6, 6.07) is 4.06. The average molecular weight is 345 g/mol. The van der Waals surface area contributed by atoms with Gasteiger partial charge in [-0.2, -0.15) is 0 Å². The van der Waals surface area contributed by atoms with Crippen LogP contribution in [0.1, 0.15) is 15.2 Å². The van der Waals surface area contributed by atoms with Gasteiger partial charge in [-0.25, -0.2) is 9.59 Å². The zero-order chi connectivity index (χ0) is 15.6. The second-order valence-corrected chi connectivity index (χ2v) is 5.85. The van der Waals surface area contributed by atoms with E-state index in [1.807, 2.05) is 0 Å². The summed E-state index contributed by atoms with van der Waals surface area (Å²) < 4.78 is 0. The van der Waals surface area contributed by atoms with Gasteiger partial charge >= 0.3 is 12.0 Å². The first-order chi connectivity index (χ1) is 9.88. The SMILES string of the molecule is Cc1csc(C(=O)O)c1NC(=O)Nc1cc(Cl)ccc1Cl. The van der Waals surface area contributed by atoms with E-state index in [4.69, 9.17) is 28.3 Å². The monoisotopic (exact) mass is 344 g/mol. The highest BCUT2D eigenvalue weighted by Crippen LogP contribution is 2.29. The summed E-state index contributed by atoms with van der Waals surface area (Å²) in [4.78, 5) is 23.1. The number of benzene rings is 1. The summed E-state index contributed by atoms with van der Waals surface area (Å²) in [6.45, 7) is 1.71. The van der Waals surface area contributed by atoms with Gasteiger partial charge in [0.2, 0.25) is 0 Å². The van der Waals surface area contributed by atoms with Gasteiger partial charge in [0.1, 0.15) is 4.88 Å². The van der Waals surface area contributed by atoms with E-state index >= 15 is 0 Å². The van der Waals surface area contributed by atoms with Crippen LogP contribution >= 0.6 is 34.5 Å². The van der Waals surface area contributed by atoms with Crippen LogP contribution in [0.4, 0.5) is 16.2 Å². The average Bonchev–Trinajstić information content (AvgIpc) is 2.75. The molecule has 21 heavy (non-hydrogen) atoms. The highest BCUT2D eigenvalue weighted by molar-refractivity contribution is 7.12. The molecule has 2 rings (SSSR count). The normalized spacial score (nSPS) is 10.2. The number of carboxylic acids is 1. The minimum absolute atomic E-state index is 0.0693. The summed E-state index contributed by atoms with van der Waals surface area (Å²) in [6.07, 6.45) is 0. The van der Waals surface area contributed by atoms with Crippen molar-refractivity contribution in [2.24, 2.45) is 0 Å². The van der Waals surface area contributed by atoms with Crippen molar-refractivity contribution in [3.8, 4) is 0 Å². The van der Waals surface area contributed by atoms with Crippen molar-refractivity contribution in [2.45, 2.75) is 6.92 Å². The summed E-state index contributed by atoms with van der Waals surface area (Å²) in [5.74, 6) is -1.09. The quantitative estimate of drug-likeness (QED) is 0.754. The van der Waals surface area contributed by atoms with E-state index in [2.05, 4.69) is 10.6 Å². The van der Waals surface area contributed by atoms with Crippen molar-refractivity contribution >= 4 is 57.9 Å². The molecule has 3 N–H and O–H groups in total. The molecule has 0 aliphatic heterocycles. The van der Waals surface area contributed by atoms with Crippen molar-refractivity contribution in [1.29, 1.82) is 0 Å². The molecule has 1 aromatic carbocycles. The lowest BCUT2D eigenvalue weighted by Gasteiger charge is -2.10. The number of nitrogens with one attached hydrogen (secondary N) is 2. The van der Waals surface area contributed by atoms with Crippen molar-refractivity contribution < 1.29 is 14.7 Å². The number of rotatable bonds is 3. The molecular formula is C13H10Cl2N2O3S. The Kier molecular flexibility index (Phi) is 4.72. The molecule has 0 aliphatic carbocycles. The molecule has 8 heteroatoms. The summed E-state index contributed by atoms with van der Waals surface area (Å²) in [5, 5.41) is 16.5. The van der Waals surface area contributed by atoms with Crippen molar-refractivity contribution in [2.75, 3.05) is 10.6 Å². The number of thiophene rings is 1. The van der Waals surface area contributed by atoms with Gasteiger partial charge in [-0.05, 0) is 36.1 Å². The fraction of sp³-hybridized carbons (Fsp3) is 0.0769. The first kappa shape index (κ1) is 15.6. The van der Waals surface area contributed by atoms with Gasteiger partial charge in [0, 0.05) is 5.02 Å². The van der Waals surface area contributed by atoms with Gasteiger partial charge in [0.25, 0.3) is 0 Å². The molecule has 1 aromatic heterocycles. The lowest BCUT2D eigenvalue weighted by Crippen LogP contribution is -2.21. The molecule has 1 heterocycles. The van der Waals surface area contributed by atoms with Crippen LogP contribution in [0.25, 0.3) is 0 Å². The second-order valence-electron chi connectivity index (χ2n) is 4.13. The minimum atomic E-state index is -1.09. The van der Waals surface area contributed by atoms with Crippen molar-refractivity contribution in [1.82, 2.24) is 0 Å². The van der Waals surface area contributed by atoms with E-state index in [1.54, 1.807) is 24.4 Å². The number of urea groups is 1. The Hall–Kier alpha value is -1.76. The number of carboxylic acid groups (broad SMARTS) is 1. The van der Waals surface area contributed by atoms with Crippen LogP contribution in [0.2, 0.25) is 10.0 Å². The number of aryl methyl sites for hydroxylation is 1. The number of amides is 2. The van der Waals surface area contributed by atoms with Crippen LogP contribution in [0.5, 0.6) is 0 Å². The summed E-state index contributed by atoms with van der Waals surface area (Å²) in [7, 11) is 0. The molecule has 0 radical (unpaired) electrons. The Morgan fingerprint density at radius 1 is 1.24 bits per heavy atom. The predicted molar refractivity (Wildman–Crippen MR) is 85.1 cm³/mol. The number of hydrogen-bond donors (Lipinski definition) is 3. The van der Waals surface area contributed by atoms with Gasteiger partial charge in [0.05, 0.1) is 16.4 Å². The maximum absolute atomic E-state index is 12.0. The Morgan fingerprint density at radius 3 is 2.62 bits per heavy atom. The second kappa shape index (κ2) is 6.34. The predicted octanol–water partition coefficient (Wildman–Crippen LogP) is 4.71. The van der Waals surface area contributed by atoms with Gasteiger partial charge in [-0.3, -0.25) is 0 Å². The number of halogens is 2. The zero-order valence-corrected chi connectivity index (χ0v) is 13.1. The van der Waals surface area contributed by atoms with Crippen LogP contribution < -0.4 is 10.6 Å². The molecule has 0 atom stereocenters. The van der Waals surface area contributed by atoms with Gasteiger partial charge < -0.3 is 15.7 Å². The highest BCUT2D eigenvalue weighted by atomic mass is 35.5. The molecule has 0 bridgehead atoms. The fourth-order valence-electron chi connectivity index (χ4n) is 1.62. The molecule has 5 nitrogen and oxygen atoms in total. The van der Waals surface area contributed by atoms with E-state index in [1.165, 1.54) is 6.07 Å². The summed E-state index contributed by atoms with van der Waals surface area (Å²) in [5.41, 5.74) is 1.28. The first-order valence-electron chi connectivity index (χ1n) is 5.73. The number of carbonyl (C=O) groups excluding carboxylic acids is 1. The number of anilines is 2. The van der Waals surface area contributed by atoms with Crippen molar-refractivity contribution in [3.05, 3.63) is 44.1 Å². The molecule has 2 aromatic rings. The van der Waals surface area contributed by atoms with E-state index in [0.717, 1.165) is 11.3 Å². The maximum Gasteiger partial charge on any atom is 0.348 e. The first-order valence-corrected chi connectivity index (χ1v) is 7.36. The van der Waals surface area contributed by atoms with Crippen LogP contribution in [0.3, 0.4) is 0 Å². The maximum atomic E-state index is 12.0. The highest BCUT2D eigenvalue weighted by Gasteiger charge is 2.17. The third-order valence-corrected chi connectivity index (χ3v) is 4.23. The number of carbonyl (C=O) groups is 2. The van der Waals surface area contributed by atoms with Crippen LogP contribution in [0, 0.1) is 6.92 Å². The van der Waals surface area contributed by atoms with E-state index < -0.39 is 12.0 Å². The molecule has 0 aliphatic rings. The molecule has 0 spiro atoms. The van der Waals surface area contributed by atoms with E-state index in [9.17, 15) is 9.59 Å². The molecule has 0 saturated heterocycles. The summed E-state index contributed by atoms with van der Waals surface area (Å²) >= 11 is 12.8. The van der Waals surface area contributed by atoms with Crippen molar-refractivity contribution in [3.63, 3.8) is 0 Å². The number of aromatic carboxylic acids is 1. The van der Waals surface area contributed by atoms with Crippen LogP contribution in [0.15, 0.2) is 23.6 Å². The van der Waals surface area contributed by atoms with Crippen LogP contribution in [-0.4, -0.2) is 17.1 Å². The molecule has 110 valence electrons. The molecule has 0 unspecified atom stereocenters. The minimum Gasteiger partial charge on any atom is -0.477 e. The Labute approximate surface area is 134 Å².